The Balaban J connectivity index is 1.86. The molecule has 0 aromatic heterocycles. The maximum absolute atomic E-state index is 11.8. The summed E-state index contributed by atoms with van der Waals surface area (Å²) in [5.41, 5.74) is 2.56. The first-order valence-electron chi connectivity index (χ1n) is 8.01. The van der Waals surface area contributed by atoms with Crippen LogP contribution < -0.4 is 15.5 Å². The van der Waals surface area contributed by atoms with Crippen LogP contribution in [0.2, 0.25) is 0 Å². The Kier molecular flexibility index (Phi) is 5.81. The summed E-state index contributed by atoms with van der Waals surface area (Å²) in [5.74, 6) is 0.917. The summed E-state index contributed by atoms with van der Waals surface area (Å²) in [7, 11) is 1.78. The zero-order valence-corrected chi connectivity index (χ0v) is 13.7. The van der Waals surface area contributed by atoms with Gasteiger partial charge in [-0.25, -0.2) is 0 Å². The molecule has 1 amide bonds. The van der Waals surface area contributed by atoms with Crippen molar-refractivity contribution in [2.75, 3.05) is 25.0 Å². The van der Waals surface area contributed by atoms with E-state index in [1.807, 2.05) is 13.0 Å². The number of amides is 1. The molecule has 2 rings (SSSR count). The lowest BCUT2D eigenvalue weighted by molar-refractivity contribution is -0.121. The number of guanidine groups is 1. The summed E-state index contributed by atoms with van der Waals surface area (Å²) in [6.07, 6.45) is 2.44. The molecule has 0 saturated carbocycles. The smallest absolute Gasteiger partial charge is 0.221 e. The molecule has 0 fully saturated rings. The van der Waals surface area contributed by atoms with Gasteiger partial charge in [-0.2, -0.15) is 0 Å². The van der Waals surface area contributed by atoms with Crippen LogP contribution in [0, 0.1) is 0 Å². The number of hydrogen-bond acceptors (Lipinski definition) is 2. The maximum atomic E-state index is 11.8. The monoisotopic (exact) mass is 302 g/mol. The van der Waals surface area contributed by atoms with E-state index in [1.54, 1.807) is 7.05 Å². The molecular formula is C17H26N4O. The fourth-order valence-corrected chi connectivity index (χ4v) is 2.59. The lowest BCUT2D eigenvalue weighted by Gasteiger charge is -2.22. The average molecular weight is 302 g/mol. The molecule has 0 bridgehead atoms. The molecule has 0 spiro atoms. The highest BCUT2D eigenvalue weighted by molar-refractivity contribution is 5.98. The lowest BCUT2D eigenvalue weighted by atomic mass is 10.2. The minimum Gasteiger partial charge on any atom is -0.355 e. The summed E-state index contributed by atoms with van der Waals surface area (Å²) in [6, 6.07) is 8.62. The summed E-state index contributed by atoms with van der Waals surface area (Å²) in [4.78, 5) is 18.3. The van der Waals surface area contributed by atoms with Crippen molar-refractivity contribution in [3.8, 4) is 0 Å². The number of para-hydroxylation sites is 1. The number of rotatable bonds is 5. The minimum absolute atomic E-state index is 0.0825. The molecule has 22 heavy (non-hydrogen) atoms. The first-order chi connectivity index (χ1) is 10.7. The van der Waals surface area contributed by atoms with E-state index in [0.29, 0.717) is 13.0 Å². The van der Waals surface area contributed by atoms with E-state index in [9.17, 15) is 4.79 Å². The minimum atomic E-state index is 0.0825. The largest absolute Gasteiger partial charge is 0.355 e. The number of anilines is 1. The number of carbonyl (C=O) groups is 1. The van der Waals surface area contributed by atoms with Crippen LogP contribution in [0.5, 0.6) is 0 Å². The molecule has 0 saturated heterocycles. The van der Waals surface area contributed by atoms with Crippen molar-refractivity contribution in [2.24, 2.45) is 4.99 Å². The van der Waals surface area contributed by atoms with Crippen LogP contribution in [-0.4, -0.2) is 38.0 Å². The highest BCUT2D eigenvalue weighted by atomic mass is 16.1. The van der Waals surface area contributed by atoms with Crippen LogP contribution in [0.1, 0.15) is 32.3 Å². The normalized spacial score (nSPS) is 15.4. The number of carbonyl (C=O) groups excluding carboxylic acids is 1. The van der Waals surface area contributed by atoms with Gasteiger partial charge >= 0.3 is 0 Å². The van der Waals surface area contributed by atoms with Crippen molar-refractivity contribution in [1.29, 1.82) is 0 Å². The van der Waals surface area contributed by atoms with Gasteiger partial charge in [-0.1, -0.05) is 25.1 Å². The van der Waals surface area contributed by atoms with Gasteiger partial charge in [0.2, 0.25) is 5.91 Å². The van der Waals surface area contributed by atoms with Crippen LogP contribution in [0.3, 0.4) is 0 Å². The second-order valence-electron chi connectivity index (χ2n) is 5.63. The molecule has 1 aliphatic heterocycles. The standard InChI is InChI=1S/C17H26N4O/c1-4-13(2)20-16(22)9-11-19-17(18-3)21-12-10-14-7-5-6-8-15(14)21/h5-8,13H,4,9-12H2,1-3H3,(H,18,19)(H,20,22). The molecule has 5 nitrogen and oxygen atoms in total. The number of aliphatic imine (C=N–C) groups is 1. The van der Waals surface area contributed by atoms with Crippen molar-refractivity contribution in [1.82, 2.24) is 10.6 Å². The number of nitrogens with zero attached hydrogens (tertiary/aromatic N) is 2. The van der Waals surface area contributed by atoms with E-state index >= 15 is 0 Å². The summed E-state index contributed by atoms with van der Waals surface area (Å²) < 4.78 is 0. The molecule has 1 aromatic carbocycles. The van der Waals surface area contributed by atoms with Gasteiger partial charge in [0.05, 0.1) is 0 Å². The molecule has 0 radical (unpaired) electrons. The van der Waals surface area contributed by atoms with Crippen LogP contribution in [-0.2, 0) is 11.2 Å². The predicted octanol–water partition coefficient (Wildman–Crippen LogP) is 1.93. The van der Waals surface area contributed by atoms with Crippen LogP contribution in [0.25, 0.3) is 0 Å². The third-order valence-electron chi connectivity index (χ3n) is 4.01. The van der Waals surface area contributed by atoms with Crippen LogP contribution >= 0.6 is 0 Å². The van der Waals surface area contributed by atoms with Crippen molar-refractivity contribution in [3.63, 3.8) is 0 Å². The summed E-state index contributed by atoms with van der Waals surface area (Å²) in [6.45, 7) is 5.60. The Morgan fingerprint density at radius 3 is 2.91 bits per heavy atom. The molecule has 0 aliphatic carbocycles. The maximum Gasteiger partial charge on any atom is 0.221 e. The third-order valence-corrected chi connectivity index (χ3v) is 4.01. The van der Waals surface area contributed by atoms with E-state index in [0.717, 1.165) is 25.3 Å². The highest BCUT2D eigenvalue weighted by Crippen LogP contribution is 2.27. The number of fused-ring (bicyclic) bond motifs is 1. The molecule has 1 aromatic rings. The third kappa shape index (κ3) is 4.00. The fourth-order valence-electron chi connectivity index (χ4n) is 2.59. The Morgan fingerprint density at radius 1 is 1.41 bits per heavy atom. The second kappa shape index (κ2) is 7.82. The van der Waals surface area contributed by atoms with E-state index in [-0.39, 0.29) is 11.9 Å². The van der Waals surface area contributed by atoms with Crippen molar-refractivity contribution in [3.05, 3.63) is 29.8 Å². The van der Waals surface area contributed by atoms with Gasteiger partial charge in [-0.3, -0.25) is 9.79 Å². The molecule has 5 heteroatoms. The Hall–Kier alpha value is -2.04. The van der Waals surface area contributed by atoms with Crippen molar-refractivity contribution in [2.45, 2.75) is 39.2 Å². The first-order valence-corrected chi connectivity index (χ1v) is 8.01. The quantitative estimate of drug-likeness (QED) is 0.645. The zero-order chi connectivity index (χ0) is 15.9. The zero-order valence-electron chi connectivity index (χ0n) is 13.7. The van der Waals surface area contributed by atoms with Gasteiger partial charge in [0.1, 0.15) is 0 Å². The van der Waals surface area contributed by atoms with Gasteiger partial charge < -0.3 is 15.5 Å². The van der Waals surface area contributed by atoms with Crippen molar-refractivity contribution >= 4 is 17.6 Å². The van der Waals surface area contributed by atoms with Gasteiger partial charge in [-0.05, 0) is 31.4 Å². The van der Waals surface area contributed by atoms with Gasteiger partial charge in [-0.15, -0.1) is 0 Å². The number of benzene rings is 1. The van der Waals surface area contributed by atoms with Gasteiger partial charge in [0, 0.05) is 38.3 Å². The molecule has 120 valence electrons. The van der Waals surface area contributed by atoms with Gasteiger partial charge in [0.15, 0.2) is 5.96 Å². The van der Waals surface area contributed by atoms with E-state index in [2.05, 4.69) is 45.6 Å². The Morgan fingerprint density at radius 2 is 2.18 bits per heavy atom. The number of hydrogen-bond donors (Lipinski definition) is 2. The Bertz CT molecular complexity index is 541. The molecule has 1 aliphatic rings. The molecule has 1 unspecified atom stereocenters. The van der Waals surface area contributed by atoms with Gasteiger partial charge in [0.25, 0.3) is 0 Å². The molecule has 2 N–H and O–H groups in total. The molecule has 1 atom stereocenters. The number of nitrogens with one attached hydrogen (secondary N) is 2. The van der Waals surface area contributed by atoms with Crippen LogP contribution in [0.15, 0.2) is 29.3 Å². The topological polar surface area (TPSA) is 56.7 Å². The fraction of sp³-hybridized carbons (Fsp3) is 0.529. The first kappa shape index (κ1) is 16.3. The summed E-state index contributed by atoms with van der Waals surface area (Å²) in [5, 5.41) is 6.26. The van der Waals surface area contributed by atoms with E-state index in [4.69, 9.17) is 0 Å². The van der Waals surface area contributed by atoms with Crippen molar-refractivity contribution < 1.29 is 4.79 Å². The summed E-state index contributed by atoms with van der Waals surface area (Å²) >= 11 is 0. The Labute approximate surface area is 132 Å². The highest BCUT2D eigenvalue weighted by Gasteiger charge is 2.22. The van der Waals surface area contributed by atoms with E-state index in [1.165, 1.54) is 11.3 Å². The lowest BCUT2D eigenvalue weighted by Crippen LogP contribution is -2.42. The van der Waals surface area contributed by atoms with E-state index < -0.39 is 0 Å². The molecular weight excluding hydrogens is 276 g/mol. The predicted molar refractivity (Wildman–Crippen MR) is 91.4 cm³/mol. The average Bonchev–Trinajstić information content (AvgIpc) is 2.95. The molecule has 1 heterocycles. The second-order valence-corrected chi connectivity index (χ2v) is 5.63. The SMILES string of the molecule is CCC(C)NC(=O)CCNC(=NC)N1CCc2ccccc21. The van der Waals surface area contributed by atoms with Crippen LogP contribution in [0.4, 0.5) is 5.69 Å².